The number of nitrogens with one attached hydrogen (secondary N) is 1. The summed E-state index contributed by atoms with van der Waals surface area (Å²) in [5, 5.41) is 8.23. The number of nitrogens with two attached hydrogens (primary N) is 2. The Kier molecular flexibility index (Phi) is 10.0. The number of aromatic nitrogens is 2. The molecule has 0 aliphatic carbocycles. The van der Waals surface area contributed by atoms with Crippen LogP contribution in [0.1, 0.15) is 43.0 Å². The molecule has 1 aromatic heterocycles. The number of hydrogen-bond acceptors (Lipinski definition) is 8. The number of unbranched alkanes of at least 4 members (excludes halogenated alkanes) is 1. The molecule has 3 aromatic rings. The lowest BCUT2D eigenvalue weighted by atomic mass is 10.1. The first kappa shape index (κ1) is 29.3. The van der Waals surface area contributed by atoms with E-state index in [-0.39, 0.29) is 25.0 Å². The predicted octanol–water partition coefficient (Wildman–Crippen LogP) is 4.27. The van der Waals surface area contributed by atoms with Crippen molar-refractivity contribution in [1.82, 2.24) is 14.7 Å². The highest BCUT2D eigenvalue weighted by molar-refractivity contribution is 5.93. The highest BCUT2D eigenvalue weighted by Crippen LogP contribution is 2.25. The van der Waals surface area contributed by atoms with Crippen LogP contribution in [-0.4, -0.2) is 53.0 Å². The Balaban J connectivity index is 1.36. The van der Waals surface area contributed by atoms with Crippen molar-refractivity contribution in [2.24, 2.45) is 11.5 Å². The highest BCUT2D eigenvalue weighted by atomic mass is 16.6. The van der Waals surface area contributed by atoms with E-state index < -0.39 is 6.09 Å². The lowest BCUT2D eigenvalue weighted by Crippen LogP contribution is -2.40. The van der Waals surface area contributed by atoms with E-state index in [0.29, 0.717) is 31.6 Å². The van der Waals surface area contributed by atoms with Crippen molar-refractivity contribution in [2.45, 2.75) is 45.2 Å². The summed E-state index contributed by atoms with van der Waals surface area (Å²) < 4.78 is 12.3. The maximum atomic E-state index is 12.9. The van der Waals surface area contributed by atoms with Crippen molar-refractivity contribution >= 4 is 23.4 Å². The van der Waals surface area contributed by atoms with E-state index in [1.54, 1.807) is 7.11 Å². The number of allylic oxidation sites excluding steroid dienone is 2. The van der Waals surface area contributed by atoms with E-state index in [1.807, 2.05) is 72.3 Å². The fourth-order valence-corrected chi connectivity index (χ4v) is 4.76. The van der Waals surface area contributed by atoms with Crippen LogP contribution in [0.5, 0.6) is 5.75 Å². The van der Waals surface area contributed by atoms with Gasteiger partial charge in [-0.2, -0.15) is 5.10 Å². The van der Waals surface area contributed by atoms with Gasteiger partial charge in [-0.15, -0.1) is 0 Å². The topological polar surface area (TPSA) is 138 Å². The Morgan fingerprint density at radius 3 is 2.54 bits per heavy atom. The van der Waals surface area contributed by atoms with E-state index in [9.17, 15) is 9.59 Å². The third-order valence-corrected chi connectivity index (χ3v) is 7.06. The number of carbonyl (C=O) groups excluding carboxylic acids is 2. The van der Waals surface area contributed by atoms with Crippen molar-refractivity contribution in [3.63, 3.8) is 0 Å². The molecule has 10 heteroatoms. The first-order chi connectivity index (χ1) is 19.9. The minimum absolute atomic E-state index is 0.206. The maximum Gasteiger partial charge on any atom is 0.416 e. The van der Waals surface area contributed by atoms with Crippen LogP contribution < -0.4 is 21.5 Å². The van der Waals surface area contributed by atoms with Crippen LogP contribution in [0.3, 0.4) is 0 Å². The Labute approximate surface area is 240 Å². The highest BCUT2D eigenvalue weighted by Gasteiger charge is 2.37. The van der Waals surface area contributed by atoms with Crippen LogP contribution in [0.4, 0.5) is 10.6 Å². The largest absolute Gasteiger partial charge is 0.497 e. The average molecular weight is 559 g/mol. The summed E-state index contributed by atoms with van der Waals surface area (Å²) >= 11 is 0. The van der Waals surface area contributed by atoms with Crippen molar-refractivity contribution < 1.29 is 19.1 Å². The molecule has 1 fully saturated rings. The van der Waals surface area contributed by atoms with Gasteiger partial charge in [0.2, 0.25) is 5.91 Å². The van der Waals surface area contributed by atoms with Crippen LogP contribution in [0.15, 0.2) is 78.6 Å². The van der Waals surface area contributed by atoms with Gasteiger partial charge in [-0.25, -0.2) is 14.4 Å². The quantitative estimate of drug-likeness (QED) is 0.209. The van der Waals surface area contributed by atoms with Gasteiger partial charge in [0.15, 0.2) is 0 Å². The number of ether oxygens (including phenoxy) is 2. The third-order valence-electron chi connectivity index (χ3n) is 7.06. The summed E-state index contributed by atoms with van der Waals surface area (Å²) in [5.41, 5.74) is 16.0. The van der Waals surface area contributed by atoms with Crippen LogP contribution >= 0.6 is 0 Å². The molecule has 1 aliphatic rings. The number of amides is 2. The predicted molar refractivity (Wildman–Crippen MR) is 159 cm³/mol. The summed E-state index contributed by atoms with van der Waals surface area (Å²) in [5.74, 6) is 1.40. The van der Waals surface area contributed by atoms with Gasteiger partial charge in [-0.05, 0) is 61.2 Å². The summed E-state index contributed by atoms with van der Waals surface area (Å²) in [4.78, 5) is 26.5. The van der Waals surface area contributed by atoms with Crippen molar-refractivity contribution in [1.29, 1.82) is 0 Å². The lowest BCUT2D eigenvalue weighted by Gasteiger charge is -2.19. The summed E-state index contributed by atoms with van der Waals surface area (Å²) in [6.07, 6.45) is 4.64. The SMILES string of the molecule is COc1ccc(Cn2nc(C(=C/N)/C(C)=C\N)cc2NCCCCC(=O)N2C(=O)OCC2Cc2ccccc2)cc1. The summed E-state index contributed by atoms with van der Waals surface area (Å²) in [6, 6.07) is 19.3. The summed E-state index contributed by atoms with van der Waals surface area (Å²) in [7, 11) is 1.64. The van der Waals surface area contributed by atoms with Gasteiger partial charge in [0.1, 0.15) is 18.2 Å². The second kappa shape index (κ2) is 14.1. The van der Waals surface area contributed by atoms with E-state index >= 15 is 0 Å². The third kappa shape index (κ3) is 7.47. The van der Waals surface area contributed by atoms with Crippen molar-refractivity contribution in [3.8, 4) is 5.75 Å². The first-order valence-electron chi connectivity index (χ1n) is 13.7. The number of nitrogens with zero attached hydrogens (tertiary/aromatic N) is 3. The van der Waals surface area contributed by atoms with Crippen LogP contribution in [-0.2, 0) is 22.5 Å². The number of anilines is 1. The Morgan fingerprint density at radius 2 is 1.85 bits per heavy atom. The van der Waals surface area contributed by atoms with Gasteiger partial charge < -0.3 is 26.3 Å². The van der Waals surface area contributed by atoms with E-state index in [4.69, 9.17) is 26.0 Å². The van der Waals surface area contributed by atoms with Crippen LogP contribution in [0.25, 0.3) is 5.57 Å². The van der Waals surface area contributed by atoms with Gasteiger partial charge >= 0.3 is 6.09 Å². The van der Waals surface area contributed by atoms with Crippen LogP contribution in [0, 0.1) is 0 Å². The smallest absolute Gasteiger partial charge is 0.416 e. The number of methoxy groups -OCH3 is 1. The normalized spacial score (nSPS) is 15.6. The molecular weight excluding hydrogens is 520 g/mol. The molecule has 1 saturated heterocycles. The van der Waals surface area contributed by atoms with Gasteiger partial charge in [0.25, 0.3) is 0 Å². The Bertz CT molecular complexity index is 1380. The molecule has 4 rings (SSSR count). The van der Waals surface area contributed by atoms with Crippen molar-refractivity contribution in [2.75, 3.05) is 25.6 Å². The molecule has 0 bridgehead atoms. The van der Waals surface area contributed by atoms with E-state index in [2.05, 4.69) is 5.32 Å². The van der Waals surface area contributed by atoms with E-state index in [0.717, 1.165) is 40.3 Å². The number of benzene rings is 2. The molecule has 41 heavy (non-hydrogen) atoms. The monoisotopic (exact) mass is 558 g/mol. The number of carbonyl (C=O) groups is 2. The Hall–Kier alpha value is -4.73. The number of imide groups is 1. The second-order valence-corrected chi connectivity index (χ2v) is 9.92. The van der Waals surface area contributed by atoms with Gasteiger partial charge in [-0.1, -0.05) is 42.5 Å². The summed E-state index contributed by atoms with van der Waals surface area (Å²) in [6.45, 7) is 3.26. The molecular formula is C31H38N6O4. The zero-order valence-corrected chi connectivity index (χ0v) is 23.6. The number of hydrogen-bond donors (Lipinski definition) is 3. The fourth-order valence-electron chi connectivity index (χ4n) is 4.76. The van der Waals surface area contributed by atoms with Crippen molar-refractivity contribution in [3.05, 3.63) is 95.5 Å². The lowest BCUT2D eigenvalue weighted by molar-refractivity contribution is -0.129. The van der Waals surface area contributed by atoms with Gasteiger partial charge in [-0.3, -0.25) is 4.79 Å². The zero-order chi connectivity index (χ0) is 29.2. The molecule has 2 amide bonds. The molecule has 0 spiro atoms. The molecule has 1 aliphatic heterocycles. The number of cyclic esters (lactones) is 1. The van der Waals surface area contributed by atoms with E-state index in [1.165, 1.54) is 17.3 Å². The standard InChI is InChI=1S/C31H38N6O4/c1-22(18-32)27(19-33)28-17-29(36(35-28)20-24-11-13-26(40-2)14-12-24)34-15-7-6-10-30(38)37-25(21-41-31(37)39)16-23-8-4-3-5-9-23/h3-5,8-9,11-14,17-19,25,34H,6-7,10,15-16,20-21,32-33H2,1-2H3/b22-18-,27-19+. The fraction of sp³-hybridized carbons (Fsp3) is 0.323. The molecule has 1 atom stereocenters. The first-order valence-corrected chi connectivity index (χ1v) is 13.7. The molecule has 10 nitrogen and oxygen atoms in total. The Morgan fingerprint density at radius 1 is 1.10 bits per heavy atom. The minimum atomic E-state index is -0.561. The molecule has 2 heterocycles. The minimum Gasteiger partial charge on any atom is -0.497 e. The van der Waals surface area contributed by atoms with Gasteiger partial charge in [0, 0.05) is 30.8 Å². The molecule has 0 radical (unpaired) electrons. The molecule has 0 saturated carbocycles. The maximum absolute atomic E-state index is 12.9. The molecule has 1 unspecified atom stereocenters. The van der Waals surface area contributed by atoms with Crippen LogP contribution in [0.2, 0.25) is 0 Å². The average Bonchev–Trinajstić information content (AvgIpc) is 3.56. The molecule has 2 aromatic carbocycles. The molecule has 216 valence electrons. The van der Waals surface area contributed by atoms with Gasteiger partial charge in [0.05, 0.1) is 25.4 Å². The molecule has 5 N–H and O–H groups in total. The zero-order valence-electron chi connectivity index (χ0n) is 23.6. The second-order valence-electron chi connectivity index (χ2n) is 9.92. The number of rotatable bonds is 13.